The highest BCUT2D eigenvalue weighted by Crippen LogP contribution is 2.33. The first-order valence-electron chi connectivity index (χ1n) is 7.94. The van der Waals surface area contributed by atoms with Crippen molar-refractivity contribution in [1.82, 2.24) is 9.80 Å². The van der Waals surface area contributed by atoms with Crippen LogP contribution >= 0.6 is 0 Å². The molecule has 0 atom stereocenters. The molecule has 1 N–H and O–H groups in total. The molecular formula is C15H28N2O. The van der Waals surface area contributed by atoms with E-state index in [2.05, 4.69) is 9.80 Å². The molecule has 3 aliphatic rings. The Labute approximate surface area is 111 Å². The van der Waals surface area contributed by atoms with Gasteiger partial charge < -0.3 is 14.9 Å². The van der Waals surface area contributed by atoms with E-state index in [1.807, 2.05) is 0 Å². The zero-order valence-corrected chi connectivity index (χ0v) is 11.6. The molecule has 0 amide bonds. The number of nitrogens with zero attached hydrogens (tertiary/aromatic N) is 2. The third-order valence-corrected chi connectivity index (χ3v) is 5.27. The van der Waals surface area contributed by atoms with E-state index in [-0.39, 0.29) is 5.60 Å². The molecule has 1 saturated carbocycles. The van der Waals surface area contributed by atoms with Gasteiger partial charge in [0, 0.05) is 12.6 Å². The number of piperidine rings is 2. The number of β-amino-alcohol motifs (C(OH)–C–C–N with tert-alkyl or cyclic N) is 1. The maximum Gasteiger partial charge on any atom is 0.0774 e. The van der Waals surface area contributed by atoms with E-state index >= 15 is 0 Å². The van der Waals surface area contributed by atoms with E-state index in [0.717, 1.165) is 25.4 Å². The summed E-state index contributed by atoms with van der Waals surface area (Å²) in [5, 5.41) is 10.2. The number of likely N-dealkylation sites (tertiary alicyclic amines) is 2. The number of rotatable bonds is 3. The lowest BCUT2D eigenvalue weighted by molar-refractivity contribution is -0.0655. The highest BCUT2D eigenvalue weighted by molar-refractivity contribution is 4.92. The van der Waals surface area contributed by atoms with Crippen molar-refractivity contribution in [2.24, 2.45) is 0 Å². The second-order valence-corrected chi connectivity index (χ2v) is 6.68. The quantitative estimate of drug-likeness (QED) is 0.830. The van der Waals surface area contributed by atoms with Gasteiger partial charge in [0.2, 0.25) is 0 Å². The molecule has 3 heteroatoms. The second kappa shape index (κ2) is 5.48. The lowest BCUT2D eigenvalue weighted by Gasteiger charge is -2.45. The molecule has 0 radical (unpaired) electrons. The molecular weight excluding hydrogens is 224 g/mol. The summed E-state index contributed by atoms with van der Waals surface area (Å²) in [7, 11) is 0. The molecule has 18 heavy (non-hydrogen) atoms. The van der Waals surface area contributed by atoms with E-state index in [4.69, 9.17) is 0 Å². The van der Waals surface area contributed by atoms with Gasteiger partial charge in [-0.2, -0.15) is 0 Å². The van der Waals surface area contributed by atoms with E-state index in [9.17, 15) is 5.11 Å². The van der Waals surface area contributed by atoms with Crippen LogP contribution in [0, 0.1) is 0 Å². The predicted molar refractivity (Wildman–Crippen MR) is 73.7 cm³/mol. The Kier molecular flexibility index (Phi) is 3.92. The summed E-state index contributed by atoms with van der Waals surface area (Å²) in [4.78, 5) is 5.22. The molecule has 0 bridgehead atoms. The van der Waals surface area contributed by atoms with Crippen LogP contribution < -0.4 is 0 Å². The summed E-state index contributed by atoms with van der Waals surface area (Å²) in [5.41, 5.74) is -0.321. The molecule has 3 rings (SSSR count). The SMILES string of the molecule is OC1(CN2CCC(N3CCCCC3)CC2)CCC1. The van der Waals surface area contributed by atoms with Gasteiger partial charge in [0.1, 0.15) is 0 Å². The Bertz CT molecular complexity index is 264. The lowest BCUT2D eigenvalue weighted by atomic mass is 9.79. The molecule has 104 valence electrons. The summed E-state index contributed by atoms with van der Waals surface area (Å²) in [6, 6.07) is 0.831. The van der Waals surface area contributed by atoms with Crippen LogP contribution in [0.4, 0.5) is 0 Å². The molecule has 0 aromatic rings. The van der Waals surface area contributed by atoms with Crippen LogP contribution in [-0.4, -0.2) is 59.3 Å². The lowest BCUT2D eigenvalue weighted by Crippen LogP contribution is -2.52. The molecule has 0 unspecified atom stereocenters. The minimum absolute atomic E-state index is 0.321. The minimum atomic E-state index is -0.321. The topological polar surface area (TPSA) is 26.7 Å². The van der Waals surface area contributed by atoms with Crippen LogP contribution in [0.3, 0.4) is 0 Å². The zero-order chi connectivity index (χ0) is 12.4. The third-order valence-electron chi connectivity index (χ3n) is 5.27. The average molecular weight is 252 g/mol. The van der Waals surface area contributed by atoms with Crippen molar-refractivity contribution in [3.63, 3.8) is 0 Å². The van der Waals surface area contributed by atoms with Crippen LogP contribution in [0.25, 0.3) is 0 Å². The van der Waals surface area contributed by atoms with Crippen LogP contribution in [0.5, 0.6) is 0 Å². The van der Waals surface area contributed by atoms with Crippen molar-refractivity contribution in [2.45, 2.75) is 63.0 Å². The Hall–Kier alpha value is -0.120. The molecule has 3 fully saturated rings. The van der Waals surface area contributed by atoms with Crippen molar-refractivity contribution in [3.05, 3.63) is 0 Å². The van der Waals surface area contributed by atoms with E-state index < -0.39 is 0 Å². The van der Waals surface area contributed by atoms with Gasteiger partial charge in [-0.25, -0.2) is 0 Å². The molecule has 3 nitrogen and oxygen atoms in total. The Morgan fingerprint density at radius 1 is 0.889 bits per heavy atom. The Morgan fingerprint density at radius 3 is 2.11 bits per heavy atom. The fraction of sp³-hybridized carbons (Fsp3) is 1.00. The van der Waals surface area contributed by atoms with Crippen molar-refractivity contribution >= 4 is 0 Å². The van der Waals surface area contributed by atoms with E-state index in [1.54, 1.807) is 0 Å². The van der Waals surface area contributed by atoms with Crippen molar-refractivity contribution < 1.29 is 5.11 Å². The fourth-order valence-corrected chi connectivity index (χ4v) is 3.89. The normalized spacial score (nSPS) is 31.2. The Balaban J connectivity index is 1.43. The maximum absolute atomic E-state index is 10.2. The first-order chi connectivity index (χ1) is 8.75. The van der Waals surface area contributed by atoms with Crippen molar-refractivity contribution in [2.75, 3.05) is 32.7 Å². The predicted octanol–water partition coefficient (Wildman–Crippen LogP) is 1.85. The van der Waals surface area contributed by atoms with Gasteiger partial charge in [-0.15, -0.1) is 0 Å². The third kappa shape index (κ3) is 2.89. The molecule has 0 aromatic carbocycles. The molecule has 1 aliphatic carbocycles. The summed E-state index contributed by atoms with van der Waals surface area (Å²) in [6.45, 7) is 5.98. The minimum Gasteiger partial charge on any atom is -0.389 e. The second-order valence-electron chi connectivity index (χ2n) is 6.68. The standard InChI is InChI=1S/C15H28N2O/c18-15(7-4-8-15)13-16-11-5-14(6-12-16)17-9-2-1-3-10-17/h14,18H,1-13H2. The first kappa shape index (κ1) is 12.9. The first-order valence-corrected chi connectivity index (χ1v) is 7.94. The summed E-state index contributed by atoms with van der Waals surface area (Å²) < 4.78 is 0. The van der Waals surface area contributed by atoms with Gasteiger partial charge in [-0.3, -0.25) is 0 Å². The fourth-order valence-electron chi connectivity index (χ4n) is 3.89. The maximum atomic E-state index is 10.2. The molecule has 2 aliphatic heterocycles. The largest absolute Gasteiger partial charge is 0.389 e. The van der Waals surface area contributed by atoms with Gasteiger partial charge in [0.05, 0.1) is 5.60 Å². The highest BCUT2D eigenvalue weighted by atomic mass is 16.3. The molecule has 0 aromatic heterocycles. The van der Waals surface area contributed by atoms with Crippen LogP contribution in [0.1, 0.15) is 51.4 Å². The van der Waals surface area contributed by atoms with Gasteiger partial charge >= 0.3 is 0 Å². The van der Waals surface area contributed by atoms with Crippen molar-refractivity contribution in [3.8, 4) is 0 Å². The monoisotopic (exact) mass is 252 g/mol. The van der Waals surface area contributed by atoms with E-state index in [0.29, 0.717) is 0 Å². The van der Waals surface area contributed by atoms with E-state index in [1.165, 1.54) is 64.7 Å². The number of hydrogen-bond donors (Lipinski definition) is 1. The molecule has 0 spiro atoms. The zero-order valence-electron chi connectivity index (χ0n) is 11.6. The summed E-state index contributed by atoms with van der Waals surface area (Å²) >= 11 is 0. The van der Waals surface area contributed by atoms with Crippen LogP contribution in [0.2, 0.25) is 0 Å². The van der Waals surface area contributed by atoms with Crippen molar-refractivity contribution in [1.29, 1.82) is 0 Å². The smallest absolute Gasteiger partial charge is 0.0774 e. The summed E-state index contributed by atoms with van der Waals surface area (Å²) in [6.07, 6.45) is 10.1. The van der Waals surface area contributed by atoms with Crippen LogP contribution in [-0.2, 0) is 0 Å². The number of hydrogen-bond acceptors (Lipinski definition) is 3. The van der Waals surface area contributed by atoms with Gasteiger partial charge in [0.15, 0.2) is 0 Å². The Morgan fingerprint density at radius 2 is 1.56 bits per heavy atom. The molecule has 2 saturated heterocycles. The van der Waals surface area contributed by atoms with Crippen LogP contribution in [0.15, 0.2) is 0 Å². The summed E-state index contributed by atoms with van der Waals surface area (Å²) in [5.74, 6) is 0. The van der Waals surface area contributed by atoms with Gasteiger partial charge in [-0.1, -0.05) is 6.42 Å². The van der Waals surface area contributed by atoms with Gasteiger partial charge in [0.25, 0.3) is 0 Å². The highest BCUT2D eigenvalue weighted by Gasteiger charge is 2.37. The number of aliphatic hydroxyl groups is 1. The van der Waals surface area contributed by atoms with Gasteiger partial charge in [-0.05, 0) is 71.1 Å². The average Bonchev–Trinajstić information content (AvgIpc) is 2.39. The molecule has 2 heterocycles.